The summed E-state index contributed by atoms with van der Waals surface area (Å²) in [7, 11) is 1.60. The molecule has 7 nitrogen and oxygen atoms in total. The van der Waals surface area contributed by atoms with E-state index < -0.39 is 11.8 Å². The molecule has 0 fully saturated rings. The van der Waals surface area contributed by atoms with Crippen molar-refractivity contribution in [3.05, 3.63) is 53.6 Å². The van der Waals surface area contributed by atoms with Gasteiger partial charge in [-0.05, 0) is 41.8 Å². The summed E-state index contributed by atoms with van der Waals surface area (Å²) in [5, 5.41) is 5.36. The Morgan fingerprint density at radius 2 is 2.00 bits per heavy atom. The topological polar surface area (TPSA) is 96.1 Å². The number of aromatic amines is 1. The van der Waals surface area contributed by atoms with Gasteiger partial charge in [-0.25, -0.2) is 9.78 Å². The predicted octanol–water partition coefficient (Wildman–Crippen LogP) is 2.71. The van der Waals surface area contributed by atoms with Crippen molar-refractivity contribution in [2.75, 3.05) is 12.4 Å². The molecule has 2 aromatic carbocycles. The van der Waals surface area contributed by atoms with E-state index >= 15 is 0 Å². The van der Waals surface area contributed by atoms with Crippen LogP contribution in [0.5, 0.6) is 5.75 Å². The average Bonchev–Trinajstić information content (AvgIpc) is 3.07. The zero-order valence-corrected chi connectivity index (χ0v) is 14.0. The number of benzene rings is 2. The molecule has 0 saturated carbocycles. The van der Waals surface area contributed by atoms with Crippen LogP contribution in [0.25, 0.3) is 11.0 Å². The van der Waals surface area contributed by atoms with Crippen LogP contribution in [-0.4, -0.2) is 28.9 Å². The van der Waals surface area contributed by atoms with E-state index in [1.54, 1.807) is 25.3 Å². The number of ether oxygens (including phenoxy) is 1. The SMILES string of the molecule is C#CC(=O)c1ccc2nc(NC(=O)NCc3ccc(OC)cc3)[nH]c2c1. The first-order valence-corrected chi connectivity index (χ1v) is 7.77. The zero-order chi connectivity index (χ0) is 18.5. The Bertz CT molecular complexity index is 1000. The minimum atomic E-state index is -0.409. The summed E-state index contributed by atoms with van der Waals surface area (Å²) in [4.78, 5) is 30.8. The Balaban J connectivity index is 1.63. The summed E-state index contributed by atoms with van der Waals surface area (Å²) in [6, 6.07) is 11.8. The molecule has 0 atom stereocenters. The van der Waals surface area contributed by atoms with Crippen LogP contribution >= 0.6 is 0 Å². The molecule has 1 aromatic heterocycles. The number of amides is 2. The summed E-state index contributed by atoms with van der Waals surface area (Å²) in [5.74, 6) is 2.68. The third-order valence-corrected chi connectivity index (χ3v) is 3.72. The van der Waals surface area contributed by atoms with Crippen LogP contribution in [-0.2, 0) is 6.54 Å². The highest BCUT2D eigenvalue weighted by molar-refractivity contribution is 6.10. The van der Waals surface area contributed by atoms with Crippen LogP contribution < -0.4 is 15.4 Å². The molecular formula is C19H16N4O3. The van der Waals surface area contributed by atoms with Gasteiger partial charge in [0.2, 0.25) is 11.7 Å². The molecule has 0 bridgehead atoms. The highest BCUT2D eigenvalue weighted by Crippen LogP contribution is 2.16. The molecule has 2 amide bonds. The van der Waals surface area contributed by atoms with E-state index in [0.29, 0.717) is 23.1 Å². The maximum absolute atomic E-state index is 12.0. The number of anilines is 1. The van der Waals surface area contributed by atoms with Crippen LogP contribution in [0.1, 0.15) is 15.9 Å². The smallest absolute Gasteiger partial charge is 0.321 e. The van der Waals surface area contributed by atoms with E-state index in [-0.39, 0.29) is 5.95 Å². The number of rotatable bonds is 5. The molecule has 0 aliphatic heterocycles. The van der Waals surface area contributed by atoms with Gasteiger partial charge in [-0.15, -0.1) is 6.42 Å². The second kappa shape index (κ2) is 7.40. The van der Waals surface area contributed by atoms with Crippen LogP contribution in [0.4, 0.5) is 10.7 Å². The number of ketones is 1. The molecule has 130 valence electrons. The van der Waals surface area contributed by atoms with Gasteiger partial charge in [-0.1, -0.05) is 12.1 Å². The van der Waals surface area contributed by atoms with Crippen LogP contribution in [0, 0.1) is 12.3 Å². The second-order valence-electron chi connectivity index (χ2n) is 5.45. The van der Waals surface area contributed by atoms with Gasteiger partial charge >= 0.3 is 6.03 Å². The van der Waals surface area contributed by atoms with Crippen molar-refractivity contribution in [3.8, 4) is 18.1 Å². The lowest BCUT2D eigenvalue weighted by molar-refractivity contribution is 0.105. The minimum absolute atomic E-state index is 0.275. The fraction of sp³-hybridized carbons (Fsp3) is 0.105. The van der Waals surface area contributed by atoms with Gasteiger partial charge < -0.3 is 15.0 Å². The first-order valence-electron chi connectivity index (χ1n) is 7.77. The number of carbonyl (C=O) groups is 2. The molecule has 0 saturated heterocycles. The first-order chi connectivity index (χ1) is 12.6. The second-order valence-corrected chi connectivity index (χ2v) is 5.45. The van der Waals surface area contributed by atoms with Gasteiger partial charge in [0.05, 0.1) is 18.1 Å². The maximum Gasteiger partial charge on any atom is 0.321 e. The number of methoxy groups -OCH3 is 1. The lowest BCUT2D eigenvalue weighted by atomic mass is 10.1. The van der Waals surface area contributed by atoms with Crippen molar-refractivity contribution in [3.63, 3.8) is 0 Å². The molecule has 7 heteroatoms. The number of carbonyl (C=O) groups excluding carboxylic acids is 2. The van der Waals surface area contributed by atoms with E-state index in [1.807, 2.05) is 24.3 Å². The summed E-state index contributed by atoms with van der Waals surface area (Å²) >= 11 is 0. The van der Waals surface area contributed by atoms with Crippen molar-refractivity contribution in [2.24, 2.45) is 0 Å². The Labute approximate surface area is 149 Å². The van der Waals surface area contributed by atoms with Crippen LogP contribution in [0.3, 0.4) is 0 Å². The molecule has 1 heterocycles. The Hall–Kier alpha value is -3.79. The monoisotopic (exact) mass is 348 g/mol. The first kappa shape index (κ1) is 17.0. The molecule has 0 radical (unpaired) electrons. The summed E-state index contributed by atoms with van der Waals surface area (Å²) < 4.78 is 5.09. The molecule has 0 unspecified atom stereocenters. The van der Waals surface area contributed by atoms with E-state index in [2.05, 4.69) is 26.5 Å². The maximum atomic E-state index is 12.0. The number of terminal acetylenes is 1. The Morgan fingerprint density at radius 3 is 2.69 bits per heavy atom. The minimum Gasteiger partial charge on any atom is -0.497 e. The highest BCUT2D eigenvalue weighted by atomic mass is 16.5. The van der Waals surface area contributed by atoms with E-state index in [0.717, 1.165) is 11.3 Å². The van der Waals surface area contributed by atoms with Crippen LogP contribution in [0.2, 0.25) is 0 Å². The third kappa shape index (κ3) is 3.82. The predicted molar refractivity (Wildman–Crippen MR) is 98.1 cm³/mol. The van der Waals surface area contributed by atoms with Crippen molar-refractivity contribution in [1.82, 2.24) is 15.3 Å². The molecule has 0 aliphatic carbocycles. The summed E-state index contributed by atoms with van der Waals surface area (Å²) in [5.41, 5.74) is 2.54. The number of nitrogens with one attached hydrogen (secondary N) is 3. The van der Waals surface area contributed by atoms with Crippen molar-refractivity contribution < 1.29 is 14.3 Å². The van der Waals surface area contributed by atoms with E-state index in [1.165, 1.54) is 0 Å². The van der Waals surface area contributed by atoms with Gasteiger partial charge in [0, 0.05) is 12.1 Å². The highest BCUT2D eigenvalue weighted by Gasteiger charge is 2.09. The van der Waals surface area contributed by atoms with Crippen molar-refractivity contribution >= 4 is 28.8 Å². The zero-order valence-electron chi connectivity index (χ0n) is 14.0. The number of imidazole rings is 1. The molecule has 3 rings (SSSR count). The number of nitrogens with zero attached hydrogens (tertiary/aromatic N) is 1. The molecule has 0 spiro atoms. The quantitative estimate of drug-likeness (QED) is 0.375. The Morgan fingerprint density at radius 1 is 1.23 bits per heavy atom. The number of Topliss-reactive ketones (excluding diaryl/α,β-unsaturated/α-hetero) is 1. The van der Waals surface area contributed by atoms with E-state index in [4.69, 9.17) is 11.2 Å². The molecule has 3 N–H and O–H groups in total. The van der Waals surface area contributed by atoms with Gasteiger partial charge in [-0.2, -0.15) is 0 Å². The molecule has 3 aromatic rings. The number of urea groups is 1. The number of aromatic nitrogens is 2. The number of hydrogen-bond acceptors (Lipinski definition) is 4. The lowest BCUT2D eigenvalue weighted by Crippen LogP contribution is -2.28. The van der Waals surface area contributed by atoms with Crippen molar-refractivity contribution in [2.45, 2.75) is 6.54 Å². The van der Waals surface area contributed by atoms with E-state index in [9.17, 15) is 9.59 Å². The number of fused-ring (bicyclic) bond motifs is 1. The number of hydrogen-bond donors (Lipinski definition) is 3. The standard InChI is InChI=1S/C19H16N4O3/c1-3-17(24)13-6-9-15-16(10-13)22-18(21-15)23-19(25)20-11-12-4-7-14(26-2)8-5-12/h1,4-10H,11H2,2H3,(H3,20,21,22,23,25). The largest absolute Gasteiger partial charge is 0.497 e. The number of H-pyrrole nitrogens is 1. The van der Waals surface area contributed by atoms with Gasteiger partial charge in [0.1, 0.15) is 5.75 Å². The van der Waals surface area contributed by atoms with Gasteiger partial charge in [-0.3, -0.25) is 10.1 Å². The van der Waals surface area contributed by atoms with Gasteiger partial charge in [0.15, 0.2) is 0 Å². The fourth-order valence-corrected chi connectivity index (χ4v) is 2.37. The molecular weight excluding hydrogens is 332 g/mol. The van der Waals surface area contributed by atoms with Gasteiger partial charge in [0.25, 0.3) is 0 Å². The molecule has 26 heavy (non-hydrogen) atoms. The summed E-state index contributed by atoms with van der Waals surface area (Å²) in [6.45, 7) is 0.358. The third-order valence-electron chi connectivity index (χ3n) is 3.72. The molecule has 0 aliphatic rings. The normalized spacial score (nSPS) is 10.2. The van der Waals surface area contributed by atoms with Crippen molar-refractivity contribution in [1.29, 1.82) is 0 Å². The fourth-order valence-electron chi connectivity index (χ4n) is 2.37. The summed E-state index contributed by atoms with van der Waals surface area (Å²) in [6.07, 6.45) is 5.12. The van der Waals surface area contributed by atoms with Crippen LogP contribution in [0.15, 0.2) is 42.5 Å². The Kier molecular flexibility index (Phi) is 4.85. The lowest BCUT2D eigenvalue weighted by Gasteiger charge is -2.06. The average molecular weight is 348 g/mol.